The van der Waals surface area contributed by atoms with E-state index in [1.54, 1.807) is 14.0 Å². The molecular weight excluding hydrogens is 382 g/mol. The summed E-state index contributed by atoms with van der Waals surface area (Å²) in [4.78, 5) is 16.5. The Morgan fingerprint density at radius 3 is 2.17 bits per heavy atom. The molecule has 1 saturated heterocycles. The molecule has 1 aliphatic heterocycles. The van der Waals surface area contributed by atoms with Crippen molar-refractivity contribution in [2.24, 2.45) is 0 Å². The van der Waals surface area contributed by atoms with E-state index in [0.717, 1.165) is 37.4 Å². The summed E-state index contributed by atoms with van der Waals surface area (Å²) in [5.74, 6) is 0.713. The minimum atomic E-state index is 0.0289. The summed E-state index contributed by atoms with van der Waals surface area (Å²) in [5, 5.41) is 3.94. The van der Waals surface area contributed by atoms with Gasteiger partial charge in [-0.3, -0.25) is 4.79 Å². The zero-order valence-corrected chi connectivity index (χ0v) is 18.7. The van der Waals surface area contributed by atoms with Crippen LogP contribution >= 0.6 is 12.2 Å². The second-order valence-electron chi connectivity index (χ2n) is 7.67. The minimum Gasteiger partial charge on any atom is -0.495 e. The first-order valence-electron chi connectivity index (χ1n) is 9.87. The molecule has 0 bridgehead atoms. The van der Waals surface area contributed by atoms with Gasteiger partial charge in [0.25, 0.3) is 0 Å². The van der Waals surface area contributed by atoms with E-state index in [-0.39, 0.29) is 5.78 Å². The molecule has 1 aliphatic rings. The van der Waals surface area contributed by atoms with Crippen LogP contribution in [-0.2, 0) is 0 Å². The Balaban J connectivity index is 1.68. The lowest BCUT2D eigenvalue weighted by molar-refractivity contribution is 0.101. The summed E-state index contributed by atoms with van der Waals surface area (Å²) in [6, 6.07) is 10.4. The van der Waals surface area contributed by atoms with Gasteiger partial charge in [0.15, 0.2) is 10.9 Å². The molecule has 29 heavy (non-hydrogen) atoms. The van der Waals surface area contributed by atoms with Crippen LogP contribution in [0.25, 0.3) is 0 Å². The van der Waals surface area contributed by atoms with Crippen LogP contribution in [0.2, 0.25) is 0 Å². The molecule has 2 aromatic rings. The van der Waals surface area contributed by atoms with Gasteiger partial charge in [0.05, 0.1) is 12.8 Å². The first-order valence-corrected chi connectivity index (χ1v) is 10.3. The van der Waals surface area contributed by atoms with E-state index in [4.69, 9.17) is 17.0 Å². The van der Waals surface area contributed by atoms with Gasteiger partial charge in [-0.15, -0.1) is 0 Å². The molecule has 0 atom stereocenters. The average molecular weight is 412 g/mol. The number of ether oxygens (including phenoxy) is 1. The maximum atomic E-state index is 11.9. The number of carbonyl (C=O) groups excluding carboxylic acids is 1. The number of anilines is 2. The zero-order chi connectivity index (χ0) is 21.1. The van der Waals surface area contributed by atoms with Crippen LogP contribution in [0.1, 0.15) is 34.0 Å². The first kappa shape index (κ1) is 21.1. The van der Waals surface area contributed by atoms with Crippen LogP contribution in [-0.4, -0.2) is 49.1 Å². The van der Waals surface area contributed by atoms with Gasteiger partial charge in [-0.2, -0.15) is 0 Å². The molecule has 0 aliphatic carbocycles. The molecule has 2 aromatic carbocycles. The number of nitrogens with one attached hydrogen (secondary N) is 1. The van der Waals surface area contributed by atoms with E-state index in [9.17, 15) is 4.79 Å². The second kappa shape index (κ2) is 8.82. The standard InChI is InChI=1S/C23H29N3O2S/c1-15-10-16(2)12-19(11-15)25-6-8-26(9-7-25)23(29)24-21-14-20(18(4)27)17(3)13-22(21)28-5/h10-14H,6-9H2,1-5H3,(H,24,29). The fourth-order valence-electron chi connectivity index (χ4n) is 3.82. The third kappa shape index (κ3) is 4.88. The number of benzene rings is 2. The Morgan fingerprint density at radius 2 is 1.62 bits per heavy atom. The smallest absolute Gasteiger partial charge is 0.173 e. The van der Waals surface area contributed by atoms with Gasteiger partial charge < -0.3 is 19.9 Å². The summed E-state index contributed by atoms with van der Waals surface area (Å²) in [6.45, 7) is 11.3. The van der Waals surface area contributed by atoms with E-state index in [1.165, 1.54) is 16.8 Å². The molecule has 6 heteroatoms. The number of carbonyl (C=O) groups is 1. The number of ketones is 1. The van der Waals surface area contributed by atoms with Crippen molar-refractivity contribution < 1.29 is 9.53 Å². The number of methoxy groups -OCH3 is 1. The predicted molar refractivity (Wildman–Crippen MR) is 124 cm³/mol. The van der Waals surface area contributed by atoms with Gasteiger partial charge in [-0.1, -0.05) is 6.07 Å². The lowest BCUT2D eigenvalue weighted by atomic mass is 10.0. The molecular formula is C23H29N3O2S. The maximum Gasteiger partial charge on any atom is 0.173 e. The fourth-order valence-corrected chi connectivity index (χ4v) is 4.12. The molecule has 5 nitrogen and oxygen atoms in total. The molecule has 0 aromatic heterocycles. The maximum absolute atomic E-state index is 11.9. The SMILES string of the molecule is COc1cc(C)c(C(C)=O)cc1NC(=S)N1CCN(c2cc(C)cc(C)c2)CC1. The van der Waals surface area contributed by atoms with Gasteiger partial charge >= 0.3 is 0 Å². The van der Waals surface area contributed by atoms with Crippen molar-refractivity contribution in [2.45, 2.75) is 27.7 Å². The quantitative estimate of drug-likeness (QED) is 0.596. The first-order chi connectivity index (χ1) is 13.8. The average Bonchev–Trinajstić information content (AvgIpc) is 2.68. The molecule has 3 rings (SSSR count). The monoisotopic (exact) mass is 411 g/mol. The number of aryl methyl sites for hydroxylation is 3. The van der Waals surface area contributed by atoms with E-state index < -0.39 is 0 Å². The third-order valence-electron chi connectivity index (χ3n) is 5.31. The highest BCUT2D eigenvalue weighted by atomic mass is 32.1. The van der Waals surface area contributed by atoms with Crippen molar-refractivity contribution in [3.8, 4) is 5.75 Å². The summed E-state index contributed by atoms with van der Waals surface area (Å²) in [7, 11) is 1.62. The van der Waals surface area contributed by atoms with Crippen molar-refractivity contribution >= 4 is 34.5 Å². The Morgan fingerprint density at radius 1 is 1.00 bits per heavy atom. The summed E-state index contributed by atoms with van der Waals surface area (Å²) < 4.78 is 5.49. The number of thiocarbonyl (C=S) groups is 1. The van der Waals surface area contributed by atoms with Gasteiger partial charge in [-0.25, -0.2) is 0 Å². The number of hydrogen-bond acceptors (Lipinski definition) is 4. The Hall–Kier alpha value is -2.60. The number of rotatable bonds is 4. The Kier molecular flexibility index (Phi) is 6.42. The second-order valence-corrected chi connectivity index (χ2v) is 8.06. The summed E-state index contributed by atoms with van der Waals surface area (Å²) in [6.07, 6.45) is 0. The van der Waals surface area contributed by atoms with Crippen LogP contribution in [0.5, 0.6) is 5.75 Å². The third-order valence-corrected chi connectivity index (χ3v) is 5.67. The fraction of sp³-hybridized carbons (Fsp3) is 0.391. The molecule has 0 amide bonds. The van der Waals surface area contributed by atoms with Crippen LogP contribution in [0.15, 0.2) is 30.3 Å². The van der Waals surface area contributed by atoms with Crippen molar-refractivity contribution in [3.05, 3.63) is 52.6 Å². The van der Waals surface area contributed by atoms with E-state index >= 15 is 0 Å². The van der Waals surface area contributed by atoms with Crippen LogP contribution in [0.4, 0.5) is 11.4 Å². The van der Waals surface area contributed by atoms with Gasteiger partial charge in [-0.05, 0) is 80.9 Å². The Labute approximate surface area is 178 Å². The van der Waals surface area contributed by atoms with Crippen LogP contribution < -0.4 is 15.0 Å². The molecule has 1 fully saturated rings. The zero-order valence-electron chi connectivity index (χ0n) is 17.8. The van der Waals surface area contributed by atoms with Gasteiger partial charge in [0, 0.05) is 37.4 Å². The summed E-state index contributed by atoms with van der Waals surface area (Å²) >= 11 is 5.66. The lowest BCUT2D eigenvalue weighted by Gasteiger charge is -2.37. The van der Waals surface area contributed by atoms with Crippen molar-refractivity contribution in [1.29, 1.82) is 0 Å². The summed E-state index contributed by atoms with van der Waals surface area (Å²) in [5.41, 5.74) is 6.14. The molecule has 0 unspecified atom stereocenters. The van der Waals surface area contributed by atoms with E-state index in [1.807, 2.05) is 19.1 Å². The number of hydrogen-bond donors (Lipinski definition) is 1. The number of piperazine rings is 1. The van der Waals surface area contributed by atoms with Gasteiger partial charge in [0.2, 0.25) is 0 Å². The molecule has 1 N–H and O–H groups in total. The van der Waals surface area contributed by atoms with Crippen LogP contribution in [0, 0.1) is 20.8 Å². The van der Waals surface area contributed by atoms with E-state index in [0.29, 0.717) is 16.4 Å². The van der Waals surface area contributed by atoms with Crippen LogP contribution in [0.3, 0.4) is 0 Å². The number of nitrogens with zero attached hydrogens (tertiary/aromatic N) is 2. The highest BCUT2D eigenvalue weighted by molar-refractivity contribution is 7.80. The van der Waals surface area contributed by atoms with Crippen molar-refractivity contribution in [1.82, 2.24) is 4.90 Å². The largest absolute Gasteiger partial charge is 0.495 e. The lowest BCUT2D eigenvalue weighted by Crippen LogP contribution is -2.50. The highest BCUT2D eigenvalue weighted by Crippen LogP contribution is 2.29. The highest BCUT2D eigenvalue weighted by Gasteiger charge is 2.21. The predicted octanol–water partition coefficient (Wildman–Crippen LogP) is 4.34. The molecule has 1 heterocycles. The minimum absolute atomic E-state index is 0.0289. The number of Topliss-reactive ketones (excluding diaryl/α,β-unsaturated/α-hetero) is 1. The Bertz CT molecular complexity index is 914. The van der Waals surface area contributed by atoms with Crippen molar-refractivity contribution in [2.75, 3.05) is 43.5 Å². The van der Waals surface area contributed by atoms with Crippen molar-refractivity contribution in [3.63, 3.8) is 0 Å². The normalized spacial score (nSPS) is 14.0. The topological polar surface area (TPSA) is 44.8 Å². The molecule has 0 radical (unpaired) electrons. The molecule has 154 valence electrons. The molecule has 0 saturated carbocycles. The van der Waals surface area contributed by atoms with E-state index in [2.05, 4.69) is 47.2 Å². The van der Waals surface area contributed by atoms with Gasteiger partial charge in [0.1, 0.15) is 5.75 Å². The molecule has 0 spiro atoms.